The Morgan fingerprint density at radius 3 is 2.57 bits per heavy atom. The van der Waals surface area contributed by atoms with Gasteiger partial charge in [0.15, 0.2) is 0 Å². The molecule has 0 saturated heterocycles. The van der Waals surface area contributed by atoms with E-state index in [-0.39, 0.29) is 0 Å². The van der Waals surface area contributed by atoms with E-state index in [1.807, 2.05) is 24.3 Å². The predicted octanol–water partition coefficient (Wildman–Crippen LogP) is 1.11. The van der Waals surface area contributed by atoms with Crippen LogP contribution in [0.3, 0.4) is 0 Å². The van der Waals surface area contributed by atoms with Gasteiger partial charge in [-0.25, -0.2) is 0 Å². The molecule has 1 amide bonds. The number of nitrogens with one attached hydrogen (secondary N) is 1. The first-order valence-electron chi connectivity index (χ1n) is 4.09. The van der Waals surface area contributed by atoms with Gasteiger partial charge in [-0.1, -0.05) is 0 Å². The van der Waals surface area contributed by atoms with Crippen LogP contribution in [-0.2, 0) is 4.79 Å². The molecule has 0 spiro atoms. The van der Waals surface area contributed by atoms with Crippen LogP contribution >= 0.6 is 0 Å². The second-order valence-electron chi connectivity index (χ2n) is 2.61. The minimum Gasteiger partial charge on any atom is -0.497 e. The lowest BCUT2D eigenvalue weighted by atomic mass is 10.3. The van der Waals surface area contributed by atoms with E-state index in [0.717, 1.165) is 11.4 Å². The molecule has 0 aliphatic heterocycles. The average Bonchev–Trinajstić information content (AvgIpc) is 2.18. The summed E-state index contributed by atoms with van der Waals surface area (Å²) >= 11 is 0. The third-order valence-electron chi connectivity index (χ3n) is 1.59. The fraction of sp³-hybridized carbons (Fsp3) is 0.100. The number of anilines is 1. The summed E-state index contributed by atoms with van der Waals surface area (Å²) in [5.41, 5.74) is 5.78. The number of nitrogens with two attached hydrogens (primary N) is 1. The topological polar surface area (TPSA) is 64.3 Å². The van der Waals surface area contributed by atoms with Gasteiger partial charge >= 0.3 is 0 Å². The third kappa shape index (κ3) is 3.18. The van der Waals surface area contributed by atoms with Crippen LogP contribution in [0.5, 0.6) is 5.75 Å². The molecule has 0 atom stereocenters. The van der Waals surface area contributed by atoms with Crippen molar-refractivity contribution in [2.24, 2.45) is 5.73 Å². The number of primary amides is 1. The first-order chi connectivity index (χ1) is 6.72. The van der Waals surface area contributed by atoms with Gasteiger partial charge in [0.2, 0.25) is 5.91 Å². The molecule has 4 nitrogen and oxygen atoms in total. The monoisotopic (exact) mass is 192 g/mol. The minimum absolute atomic E-state index is 0.481. The number of hydrogen-bond acceptors (Lipinski definition) is 3. The first-order valence-corrected chi connectivity index (χ1v) is 4.09. The highest BCUT2D eigenvalue weighted by molar-refractivity contribution is 5.86. The Morgan fingerprint density at radius 2 is 2.07 bits per heavy atom. The maximum atomic E-state index is 10.4. The zero-order valence-electron chi connectivity index (χ0n) is 7.86. The summed E-state index contributed by atoms with van der Waals surface area (Å²) in [7, 11) is 1.61. The molecule has 74 valence electrons. The zero-order chi connectivity index (χ0) is 10.4. The first kappa shape index (κ1) is 10.1. The van der Waals surface area contributed by atoms with Crippen LogP contribution in [-0.4, -0.2) is 13.0 Å². The van der Waals surface area contributed by atoms with E-state index in [9.17, 15) is 4.79 Å². The normalized spacial score (nSPS) is 10.1. The minimum atomic E-state index is -0.481. The van der Waals surface area contributed by atoms with E-state index in [4.69, 9.17) is 10.5 Å². The highest BCUT2D eigenvalue weighted by Gasteiger charge is 1.90. The highest BCUT2D eigenvalue weighted by Crippen LogP contribution is 2.14. The number of amides is 1. The Balaban J connectivity index is 2.56. The number of hydrogen-bond donors (Lipinski definition) is 2. The van der Waals surface area contributed by atoms with E-state index < -0.39 is 5.91 Å². The Hall–Kier alpha value is -1.97. The molecule has 0 saturated carbocycles. The molecular formula is C10H12N2O2. The van der Waals surface area contributed by atoms with Crippen molar-refractivity contribution in [3.05, 3.63) is 36.5 Å². The van der Waals surface area contributed by atoms with Crippen molar-refractivity contribution >= 4 is 11.6 Å². The molecular weight excluding hydrogens is 180 g/mol. The van der Waals surface area contributed by atoms with Crippen LogP contribution in [0.25, 0.3) is 0 Å². The Labute approximate surface area is 82.4 Å². The van der Waals surface area contributed by atoms with Crippen molar-refractivity contribution in [2.45, 2.75) is 0 Å². The Kier molecular flexibility index (Phi) is 3.55. The van der Waals surface area contributed by atoms with Crippen LogP contribution in [0, 0.1) is 0 Å². The van der Waals surface area contributed by atoms with Crippen LogP contribution in [0.1, 0.15) is 0 Å². The molecule has 3 N–H and O–H groups in total. The third-order valence-corrected chi connectivity index (χ3v) is 1.59. The number of ether oxygens (including phenoxy) is 1. The quantitative estimate of drug-likeness (QED) is 0.702. The molecule has 0 aliphatic carbocycles. The fourth-order valence-electron chi connectivity index (χ4n) is 0.907. The van der Waals surface area contributed by atoms with E-state index in [1.54, 1.807) is 7.11 Å². The van der Waals surface area contributed by atoms with Crippen LogP contribution < -0.4 is 15.8 Å². The lowest BCUT2D eigenvalue weighted by molar-refractivity contribution is -0.113. The van der Waals surface area contributed by atoms with Crippen molar-refractivity contribution in [3.8, 4) is 5.75 Å². The Bertz CT molecular complexity index is 330. The maximum Gasteiger partial charge on any atom is 0.242 e. The second-order valence-corrected chi connectivity index (χ2v) is 2.61. The van der Waals surface area contributed by atoms with Gasteiger partial charge in [-0.3, -0.25) is 4.79 Å². The van der Waals surface area contributed by atoms with Crippen molar-refractivity contribution in [1.82, 2.24) is 0 Å². The molecule has 0 heterocycles. The van der Waals surface area contributed by atoms with Gasteiger partial charge in [0.05, 0.1) is 7.11 Å². The van der Waals surface area contributed by atoms with Gasteiger partial charge in [-0.15, -0.1) is 0 Å². The summed E-state index contributed by atoms with van der Waals surface area (Å²) < 4.78 is 4.99. The SMILES string of the molecule is COc1ccc(N/C=C/C(N)=O)cc1. The Morgan fingerprint density at radius 1 is 1.43 bits per heavy atom. The van der Waals surface area contributed by atoms with Gasteiger partial charge in [0.1, 0.15) is 5.75 Å². The van der Waals surface area contributed by atoms with Crippen LogP contribution in [0.15, 0.2) is 36.5 Å². The number of carbonyl (C=O) groups excluding carboxylic acids is 1. The number of carbonyl (C=O) groups is 1. The number of benzene rings is 1. The molecule has 0 aromatic heterocycles. The molecule has 1 aromatic rings. The predicted molar refractivity (Wildman–Crippen MR) is 55.0 cm³/mol. The van der Waals surface area contributed by atoms with E-state index >= 15 is 0 Å². The largest absolute Gasteiger partial charge is 0.497 e. The summed E-state index contributed by atoms with van der Waals surface area (Å²) in [6.45, 7) is 0. The maximum absolute atomic E-state index is 10.4. The van der Waals surface area contributed by atoms with Crippen molar-refractivity contribution in [3.63, 3.8) is 0 Å². The van der Waals surface area contributed by atoms with Crippen LogP contribution in [0.4, 0.5) is 5.69 Å². The zero-order valence-corrected chi connectivity index (χ0v) is 7.86. The summed E-state index contributed by atoms with van der Waals surface area (Å²) in [5.74, 6) is 0.306. The summed E-state index contributed by atoms with van der Waals surface area (Å²) in [4.78, 5) is 10.4. The van der Waals surface area contributed by atoms with Gasteiger partial charge in [-0.2, -0.15) is 0 Å². The summed E-state index contributed by atoms with van der Waals surface area (Å²) in [6.07, 6.45) is 2.74. The number of rotatable bonds is 4. The van der Waals surface area contributed by atoms with Crippen molar-refractivity contribution in [1.29, 1.82) is 0 Å². The van der Waals surface area contributed by atoms with Gasteiger partial charge in [0, 0.05) is 18.0 Å². The molecule has 14 heavy (non-hydrogen) atoms. The molecule has 0 radical (unpaired) electrons. The van der Waals surface area contributed by atoms with Crippen molar-refractivity contribution in [2.75, 3.05) is 12.4 Å². The van der Waals surface area contributed by atoms with Gasteiger partial charge in [0.25, 0.3) is 0 Å². The molecule has 1 rings (SSSR count). The fourth-order valence-corrected chi connectivity index (χ4v) is 0.907. The molecule has 4 heteroatoms. The molecule has 0 fully saturated rings. The van der Waals surface area contributed by atoms with Crippen molar-refractivity contribution < 1.29 is 9.53 Å². The second kappa shape index (κ2) is 4.91. The summed E-state index contributed by atoms with van der Waals surface area (Å²) in [6, 6.07) is 7.31. The summed E-state index contributed by atoms with van der Waals surface area (Å²) in [5, 5.41) is 2.89. The highest BCUT2D eigenvalue weighted by atomic mass is 16.5. The molecule has 1 aromatic carbocycles. The van der Waals surface area contributed by atoms with Gasteiger partial charge in [-0.05, 0) is 24.3 Å². The lowest BCUT2D eigenvalue weighted by Crippen LogP contribution is -2.06. The molecule has 0 bridgehead atoms. The lowest BCUT2D eigenvalue weighted by Gasteiger charge is -2.02. The van der Waals surface area contributed by atoms with Gasteiger partial charge < -0.3 is 15.8 Å². The average molecular weight is 192 g/mol. The van der Waals surface area contributed by atoms with E-state index in [2.05, 4.69) is 5.32 Å². The molecule has 0 unspecified atom stereocenters. The van der Waals surface area contributed by atoms with E-state index in [0.29, 0.717) is 0 Å². The molecule has 0 aliphatic rings. The number of methoxy groups -OCH3 is 1. The van der Waals surface area contributed by atoms with Crippen LogP contribution in [0.2, 0.25) is 0 Å². The smallest absolute Gasteiger partial charge is 0.242 e. The van der Waals surface area contributed by atoms with E-state index in [1.165, 1.54) is 12.3 Å². The standard InChI is InChI=1S/C10H12N2O2/c1-14-9-4-2-8(3-5-9)12-7-6-10(11)13/h2-7,12H,1H3,(H2,11,13)/b7-6+.